The van der Waals surface area contributed by atoms with E-state index in [0.29, 0.717) is 0 Å². The molecule has 0 N–H and O–H groups in total. The van der Waals surface area contributed by atoms with Crippen LogP contribution in [0.2, 0.25) is 0 Å². The van der Waals surface area contributed by atoms with Gasteiger partial charge in [0.1, 0.15) is 0 Å². The lowest BCUT2D eigenvalue weighted by molar-refractivity contribution is 1.09. The van der Waals surface area contributed by atoms with E-state index in [1.807, 2.05) is 13.8 Å². The van der Waals surface area contributed by atoms with Gasteiger partial charge in [-0.05, 0) is 45.5 Å². The Morgan fingerprint density at radius 1 is 0.522 bits per heavy atom. The molecule has 0 saturated carbocycles. The van der Waals surface area contributed by atoms with Gasteiger partial charge in [0.25, 0.3) is 0 Å². The fourth-order valence-electron chi connectivity index (χ4n) is 3.07. The monoisotopic (exact) mass is 308 g/mol. The summed E-state index contributed by atoms with van der Waals surface area (Å²) in [7, 11) is 0. The first kappa shape index (κ1) is 19.2. The summed E-state index contributed by atoms with van der Waals surface area (Å²) in [5, 5.41) is 5.71. The second kappa shape index (κ2) is 10.0. The van der Waals surface area contributed by atoms with Crippen LogP contribution in [0.5, 0.6) is 0 Å². The number of hydrogen-bond donors (Lipinski definition) is 0. The third-order valence-corrected chi connectivity index (χ3v) is 3.86. The molecule has 0 aliphatic heterocycles. The average Bonchev–Trinajstić information content (AvgIpc) is 2.62. The van der Waals surface area contributed by atoms with Crippen LogP contribution in [0.4, 0.5) is 0 Å². The molecule has 0 bridgehead atoms. The van der Waals surface area contributed by atoms with Gasteiger partial charge in [-0.15, -0.1) is 0 Å². The van der Waals surface area contributed by atoms with Crippen LogP contribution in [-0.2, 0) is 12.8 Å². The minimum atomic E-state index is 1.09. The molecule has 0 aliphatic rings. The topological polar surface area (TPSA) is 0 Å². The molecule has 0 atom stereocenters. The maximum atomic E-state index is 2.26. The zero-order valence-electron chi connectivity index (χ0n) is 15.7. The molecule has 23 heavy (non-hydrogen) atoms. The predicted molar refractivity (Wildman–Crippen MR) is 108 cm³/mol. The maximum absolute atomic E-state index is 2.26. The smallest absolute Gasteiger partial charge is 0.0143 e. The van der Waals surface area contributed by atoms with Gasteiger partial charge < -0.3 is 0 Å². The van der Waals surface area contributed by atoms with E-state index in [0.717, 1.165) is 12.8 Å². The van der Waals surface area contributed by atoms with Crippen molar-refractivity contribution in [1.82, 2.24) is 0 Å². The van der Waals surface area contributed by atoms with E-state index < -0.39 is 0 Å². The van der Waals surface area contributed by atoms with Gasteiger partial charge in [0.2, 0.25) is 0 Å². The molecule has 0 heterocycles. The minimum absolute atomic E-state index is 1.09. The maximum Gasteiger partial charge on any atom is -0.0143 e. The van der Waals surface area contributed by atoms with Crippen LogP contribution < -0.4 is 0 Å². The molecule has 0 heteroatoms. The highest BCUT2D eigenvalue weighted by Crippen LogP contribution is 2.33. The number of rotatable bonds is 2. The van der Waals surface area contributed by atoms with Crippen molar-refractivity contribution in [3.63, 3.8) is 0 Å². The van der Waals surface area contributed by atoms with Gasteiger partial charge in [-0.2, -0.15) is 0 Å². The van der Waals surface area contributed by atoms with Crippen molar-refractivity contribution in [3.05, 3.63) is 59.7 Å². The normalized spacial score (nSPS) is 9.83. The second-order valence-electron chi connectivity index (χ2n) is 5.46. The number of fused-ring (bicyclic) bond motifs is 2. The van der Waals surface area contributed by atoms with Gasteiger partial charge in [-0.3, -0.25) is 0 Å². The molecule has 0 amide bonds. The Morgan fingerprint density at radius 2 is 0.739 bits per heavy atom. The van der Waals surface area contributed by atoms with E-state index in [1.54, 1.807) is 0 Å². The first-order chi connectivity index (χ1) is 11.3. The lowest BCUT2D eigenvalue weighted by Crippen LogP contribution is -1.93. The molecule has 0 unspecified atom stereocenters. The molecule has 3 aromatic carbocycles. The summed E-state index contributed by atoms with van der Waals surface area (Å²) in [6.07, 6.45) is 3.43. The molecule has 0 saturated heterocycles. The van der Waals surface area contributed by atoms with E-state index in [4.69, 9.17) is 0 Å². The Bertz CT molecular complexity index is 604. The summed E-state index contributed by atoms with van der Waals surface area (Å²) in [4.78, 5) is 0. The summed E-state index contributed by atoms with van der Waals surface area (Å²) in [6.45, 7) is 12.7. The quantitative estimate of drug-likeness (QED) is 0.428. The largest absolute Gasteiger partial charge is 0.0683 e. The molecule has 0 aromatic heterocycles. The predicted octanol–water partition coefficient (Wildman–Crippen LogP) is 7.56. The van der Waals surface area contributed by atoms with Gasteiger partial charge in [-0.1, -0.05) is 96.5 Å². The Kier molecular flexibility index (Phi) is 8.40. The molecule has 3 rings (SSSR count). The fourth-order valence-corrected chi connectivity index (χ4v) is 3.07. The van der Waals surface area contributed by atoms with Crippen LogP contribution in [0.1, 0.15) is 59.1 Å². The Labute approximate surface area is 142 Å². The van der Waals surface area contributed by atoms with Crippen molar-refractivity contribution >= 4 is 21.5 Å². The van der Waals surface area contributed by atoms with Crippen molar-refractivity contribution in [2.75, 3.05) is 0 Å². The van der Waals surface area contributed by atoms with E-state index in [1.165, 1.54) is 39.1 Å². The van der Waals surface area contributed by atoms with Crippen LogP contribution in [0.15, 0.2) is 48.5 Å². The Hall–Kier alpha value is -1.82. The van der Waals surface area contributed by atoms with E-state index in [2.05, 4.69) is 76.2 Å². The SMILES string of the molecule is CC.CCC.CCc1c2ccccc2c(CC)c2ccccc12. The van der Waals surface area contributed by atoms with Crippen molar-refractivity contribution in [1.29, 1.82) is 0 Å². The van der Waals surface area contributed by atoms with Crippen LogP contribution in [0, 0.1) is 0 Å². The second-order valence-corrected chi connectivity index (χ2v) is 5.46. The van der Waals surface area contributed by atoms with Crippen molar-refractivity contribution in [2.45, 2.75) is 60.8 Å². The first-order valence-electron chi connectivity index (χ1n) is 9.19. The van der Waals surface area contributed by atoms with Gasteiger partial charge in [0.05, 0.1) is 0 Å². The van der Waals surface area contributed by atoms with Crippen molar-refractivity contribution < 1.29 is 0 Å². The zero-order chi connectivity index (χ0) is 17.2. The molecule has 0 fully saturated rings. The zero-order valence-corrected chi connectivity index (χ0v) is 15.7. The number of aryl methyl sites for hydroxylation is 2. The van der Waals surface area contributed by atoms with Crippen molar-refractivity contribution in [2.24, 2.45) is 0 Å². The highest BCUT2D eigenvalue weighted by atomic mass is 14.1. The average molecular weight is 309 g/mol. The van der Waals surface area contributed by atoms with Crippen LogP contribution >= 0.6 is 0 Å². The highest BCUT2D eigenvalue weighted by molar-refractivity contribution is 6.05. The lowest BCUT2D eigenvalue weighted by atomic mass is 9.90. The molecular formula is C23H32. The molecule has 0 nitrogen and oxygen atoms in total. The third kappa shape index (κ3) is 4.13. The summed E-state index contributed by atoms with van der Waals surface area (Å²) in [5.74, 6) is 0. The highest BCUT2D eigenvalue weighted by Gasteiger charge is 2.10. The summed E-state index contributed by atoms with van der Waals surface area (Å²) in [6, 6.07) is 17.6. The van der Waals surface area contributed by atoms with E-state index >= 15 is 0 Å². The molecule has 3 aromatic rings. The first-order valence-corrected chi connectivity index (χ1v) is 9.19. The molecule has 0 spiro atoms. The molecular weight excluding hydrogens is 276 g/mol. The summed E-state index contributed by atoms with van der Waals surface area (Å²) >= 11 is 0. The van der Waals surface area contributed by atoms with Crippen LogP contribution in [0.3, 0.4) is 0 Å². The van der Waals surface area contributed by atoms with E-state index in [-0.39, 0.29) is 0 Å². The number of hydrogen-bond acceptors (Lipinski definition) is 0. The van der Waals surface area contributed by atoms with Gasteiger partial charge in [0, 0.05) is 0 Å². The summed E-state index contributed by atoms with van der Waals surface area (Å²) < 4.78 is 0. The van der Waals surface area contributed by atoms with Gasteiger partial charge in [0.15, 0.2) is 0 Å². The fraction of sp³-hybridized carbons (Fsp3) is 0.391. The third-order valence-electron chi connectivity index (χ3n) is 3.86. The lowest BCUT2D eigenvalue weighted by Gasteiger charge is -2.14. The number of benzene rings is 3. The molecule has 0 radical (unpaired) electrons. The standard InChI is InChI=1S/C18H18.C3H8.C2H6/c1-3-13-15-9-5-7-11-17(15)14(4-2)18-12-8-6-10-16(13)18;1-3-2;1-2/h5-12H,3-4H2,1-2H3;3H2,1-2H3;1-2H3. The van der Waals surface area contributed by atoms with Crippen LogP contribution in [-0.4, -0.2) is 0 Å². The Morgan fingerprint density at radius 3 is 0.913 bits per heavy atom. The van der Waals surface area contributed by atoms with Gasteiger partial charge in [-0.25, -0.2) is 0 Å². The van der Waals surface area contributed by atoms with Crippen LogP contribution in [0.25, 0.3) is 21.5 Å². The molecule has 0 aliphatic carbocycles. The molecule has 124 valence electrons. The van der Waals surface area contributed by atoms with Gasteiger partial charge >= 0.3 is 0 Å². The van der Waals surface area contributed by atoms with E-state index in [9.17, 15) is 0 Å². The summed E-state index contributed by atoms with van der Waals surface area (Å²) in [5.41, 5.74) is 2.97. The Balaban J connectivity index is 0.000000477. The minimum Gasteiger partial charge on any atom is -0.0683 e. The van der Waals surface area contributed by atoms with Crippen molar-refractivity contribution in [3.8, 4) is 0 Å².